The van der Waals surface area contributed by atoms with E-state index in [2.05, 4.69) is 9.97 Å². The highest BCUT2D eigenvalue weighted by Gasteiger charge is 2.22. The molecule has 2 unspecified atom stereocenters. The third kappa shape index (κ3) is 6.91. The fraction of sp³-hybridized carbons (Fsp3) is 0.381. The molecule has 8 heteroatoms. The lowest BCUT2D eigenvalue weighted by atomic mass is 9.97. The first-order valence-electron chi connectivity index (χ1n) is 9.58. The Balaban J connectivity index is 1.41. The molecule has 3 rings (SSSR count). The second-order valence-corrected chi connectivity index (χ2v) is 6.71. The van der Waals surface area contributed by atoms with E-state index in [9.17, 15) is 4.79 Å². The number of hydrogen-bond donors (Lipinski definition) is 0. The summed E-state index contributed by atoms with van der Waals surface area (Å²) >= 11 is 0. The minimum atomic E-state index is -0.706. The molecular weight excluding hydrogens is 369 g/mol. The molecule has 2 radical (unpaired) electrons. The first-order valence-corrected chi connectivity index (χ1v) is 9.58. The number of pyridine rings is 2. The fourth-order valence-electron chi connectivity index (χ4n) is 2.83. The number of hydrogen-bond acceptors (Lipinski definition) is 7. The van der Waals surface area contributed by atoms with Crippen LogP contribution in [0, 0.1) is 0 Å². The molecule has 0 amide bonds. The van der Waals surface area contributed by atoms with Gasteiger partial charge in [-0.25, -0.2) is 9.78 Å². The normalized spacial score (nSPS) is 18.7. The van der Waals surface area contributed by atoms with Crippen LogP contribution in [-0.2, 0) is 14.2 Å². The molecule has 0 saturated carbocycles. The van der Waals surface area contributed by atoms with Crippen molar-refractivity contribution < 1.29 is 19.0 Å². The zero-order chi connectivity index (χ0) is 20.5. The number of aromatic nitrogens is 2. The molecular formula is C21H24BN3O4. The fourth-order valence-corrected chi connectivity index (χ4v) is 2.83. The van der Waals surface area contributed by atoms with Gasteiger partial charge in [-0.2, -0.15) is 0 Å². The van der Waals surface area contributed by atoms with Crippen LogP contribution in [0.4, 0.5) is 10.6 Å². The van der Waals surface area contributed by atoms with Crippen LogP contribution < -0.4 is 4.90 Å². The molecule has 0 spiro atoms. The molecule has 29 heavy (non-hydrogen) atoms. The number of carbonyl (C=O) groups is 1. The van der Waals surface area contributed by atoms with E-state index in [1.54, 1.807) is 6.20 Å². The third-order valence-electron chi connectivity index (χ3n) is 4.43. The molecule has 2 aromatic rings. The van der Waals surface area contributed by atoms with Crippen molar-refractivity contribution in [1.82, 2.24) is 9.97 Å². The maximum atomic E-state index is 11.7. The van der Waals surface area contributed by atoms with Gasteiger partial charge in [0.15, 0.2) is 0 Å². The van der Waals surface area contributed by atoms with Crippen LogP contribution in [-0.4, -0.2) is 62.9 Å². The highest BCUT2D eigenvalue weighted by Crippen LogP contribution is 2.17. The Labute approximate surface area is 172 Å². The summed E-state index contributed by atoms with van der Waals surface area (Å²) in [6.45, 7) is 0.838. The Kier molecular flexibility index (Phi) is 7.64. The smallest absolute Gasteiger partial charge is 0.432 e. The largest absolute Gasteiger partial charge is 0.508 e. The first-order chi connectivity index (χ1) is 14.1. The number of nitrogens with zero attached hydrogens (tertiary/aromatic N) is 3. The summed E-state index contributed by atoms with van der Waals surface area (Å²) < 4.78 is 15.6. The van der Waals surface area contributed by atoms with E-state index >= 15 is 0 Å². The maximum absolute atomic E-state index is 11.7. The average Bonchev–Trinajstić information content (AvgIpc) is 3.17. The van der Waals surface area contributed by atoms with E-state index in [1.165, 1.54) is 0 Å². The van der Waals surface area contributed by atoms with E-state index in [0.29, 0.717) is 6.54 Å². The van der Waals surface area contributed by atoms with Crippen LogP contribution in [0.25, 0.3) is 12.2 Å². The highest BCUT2D eigenvalue weighted by atomic mass is 16.7. The molecule has 0 aromatic carbocycles. The lowest BCUT2D eigenvalue weighted by molar-refractivity contribution is 0.00210. The van der Waals surface area contributed by atoms with Gasteiger partial charge in [-0.15, -0.1) is 0 Å². The van der Waals surface area contributed by atoms with Gasteiger partial charge in [-0.05, 0) is 49.3 Å². The van der Waals surface area contributed by atoms with Gasteiger partial charge in [-0.3, -0.25) is 4.98 Å². The van der Waals surface area contributed by atoms with Crippen LogP contribution in [0.1, 0.15) is 24.2 Å². The van der Waals surface area contributed by atoms with E-state index in [1.807, 2.05) is 60.5 Å². The van der Waals surface area contributed by atoms with Crippen molar-refractivity contribution in [2.24, 2.45) is 0 Å². The average molecular weight is 393 g/mol. The van der Waals surface area contributed by atoms with Gasteiger partial charge in [0.1, 0.15) is 26.9 Å². The Morgan fingerprint density at radius 1 is 1.21 bits per heavy atom. The minimum Gasteiger partial charge on any atom is -0.432 e. The number of ether oxygens (including phenoxy) is 3. The lowest BCUT2D eigenvalue weighted by Crippen LogP contribution is -2.26. The molecule has 1 aliphatic rings. The van der Waals surface area contributed by atoms with Crippen molar-refractivity contribution in [3.63, 3.8) is 0 Å². The number of rotatable bonds is 8. The van der Waals surface area contributed by atoms with Gasteiger partial charge in [-0.1, -0.05) is 12.1 Å². The monoisotopic (exact) mass is 393 g/mol. The number of anilines is 1. The van der Waals surface area contributed by atoms with Gasteiger partial charge in [0.25, 0.3) is 0 Å². The van der Waals surface area contributed by atoms with Crippen LogP contribution in [0.15, 0.2) is 42.6 Å². The molecule has 1 fully saturated rings. The summed E-state index contributed by atoms with van der Waals surface area (Å²) in [6, 6.07) is 11.2. The molecule has 2 atom stereocenters. The quantitative estimate of drug-likeness (QED) is 0.504. The topological polar surface area (TPSA) is 73.8 Å². The summed E-state index contributed by atoms with van der Waals surface area (Å²) in [7, 11) is 7.53. The van der Waals surface area contributed by atoms with Crippen LogP contribution >= 0.6 is 0 Å². The predicted molar refractivity (Wildman–Crippen MR) is 112 cm³/mol. The summed E-state index contributed by atoms with van der Waals surface area (Å²) in [5.74, 6) is 0.776. The standard InChI is InChI=1S/C21H24BN3O4/c1-25(13-14-27-21(26)28-15-18-10-11-19(22)29-18)20-7-4-6-17(24-20)9-8-16-5-2-3-12-23-16/h2-9,12,18-19H,10-11,13-15H2,1H3/b9-8+. The molecule has 0 bridgehead atoms. The lowest BCUT2D eigenvalue weighted by Gasteiger charge is -2.18. The van der Waals surface area contributed by atoms with Crippen molar-refractivity contribution in [2.75, 3.05) is 31.7 Å². The molecule has 3 heterocycles. The van der Waals surface area contributed by atoms with Gasteiger partial charge in [0.05, 0.1) is 24.0 Å². The summed E-state index contributed by atoms with van der Waals surface area (Å²) in [4.78, 5) is 22.4. The molecule has 2 aromatic heterocycles. The van der Waals surface area contributed by atoms with E-state index in [-0.39, 0.29) is 25.3 Å². The predicted octanol–water partition coefficient (Wildman–Crippen LogP) is 2.91. The maximum Gasteiger partial charge on any atom is 0.508 e. The van der Waals surface area contributed by atoms with Crippen molar-refractivity contribution in [3.8, 4) is 0 Å². The van der Waals surface area contributed by atoms with Gasteiger partial charge in [0, 0.05) is 19.2 Å². The van der Waals surface area contributed by atoms with Crippen molar-refractivity contribution in [2.45, 2.75) is 24.9 Å². The minimum absolute atomic E-state index is 0.147. The molecule has 0 aliphatic carbocycles. The molecule has 1 saturated heterocycles. The van der Waals surface area contributed by atoms with Crippen LogP contribution in [0.3, 0.4) is 0 Å². The van der Waals surface area contributed by atoms with Gasteiger partial charge >= 0.3 is 6.16 Å². The SMILES string of the molecule is [B]C1CCC(COC(=O)OCCN(C)c2cccc(/C=C/c3ccccn3)n2)O1. The molecule has 0 N–H and O–H groups in total. The Morgan fingerprint density at radius 2 is 2.03 bits per heavy atom. The summed E-state index contributed by atoms with van der Waals surface area (Å²) in [5.41, 5.74) is 1.68. The highest BCUT2D eigenvalue weighted by molar-refractivity contribution is 6.11. The second-order valence-electron chi connectivity index (χ2n) is 6.71. The van der Waals surface area contributed by atoms with E-state index in [0.717, 1.165) is 30.0 Å². The second kappa shape index (κ2) is 10.6. The van der Waals surface area contributed by atoms with Crippen molar-refractivity contribution in [1.29, 1.82) is 0 Å². The third-order valence-corrected chi connectivity index (χ3v) is 4.43. The van der Waals surface area contributed by atoms with E-state index < -0.39 is 6.16 Å². The zero-order valence-corrected chi connectivity index (χ0v) is 16.4. The summed E-state index contributed by atoms with van der Waals surface area (Å²) in [6.07, 6.45) is 6.27. The van der Waals surface area contributed by atoms with Crippen molar-refractivity contribution >= 4 is 32.0 Å². The Morgan fingerprint density at radius 3 is 2.79 bits per heavy atom. The Bertz CT molecular complexity index is 819. The summed E-state index contributed by atoms with van der Waals surface area (Å²) in [5, 5.41) is 0. The molecule has 1 aliphatic heterocycles. The molecule has 7 nitrogen and oxygen atoms in total. The van der Waals surface area contributed by atoms with Crippen LogP contribution in [0.2, 0.25) is 0 Å². The zero-order valence-electron chi connectivity index (χ0n) is 16.4. The first kappa shape index (κ1) is 20.9. The van der Waals surface area contributed by atoms with E-state index in [4.69, 9.17) is 22.1 Å². The Hall–Kier alpha value is -2.87. The van der Waals surface area contributed by atoms with Crippen molar-refractivity contribution in [3.05, 3.63) is 54.0 Å². The van der Waals surface area contributed by atoms with Gasteiger partial charge < -0.3 is 19.1 Å². The number of carbonyl (C=O) groups excluding carboxylic acids is 1. The molecule has 150 valence electrons. The number of likely N-dealkylation sites (N-methyl/N-ethyl adjacent to an activating group) is 1. The van der Waals surface area contributed by atoms with Crippen LogP contribution in [0.5, 0.6) is 0 Å². The van der Waals surface area contributed by atoms with Gasteiger partial charge in [0.2, 0.25) is 0 Å².